The molecule has 98 valence electrons. The van der Waals surface area contributed by atoms with Crippen molar-refractivity contribution in [1.82, 2.24) is 0 Å². The molecule has 1 aliphatic rings. The average molecular weight is 271 g/mol. The molecule has 18 heavy (non-hydrogen) atoms. The fourth-order valence-electron chi connectivity index (χ4n) is 2.15. The number of nitrogens with zero attached hydrogens (tertiary/aromatic N) is 1. The second-order valence-corrected chi connectivity index (χ2v) is 4.91. The third-order valence-electron chi connectivity index (χ3n) is 3.14. The normalized spacial score (nSPS) is 23.7. The van der Waals surface area contributed by atoms with E-state index in [1.54, 1.807) is 12.1 Å². The highest BCUT2D eigenvalue weighted by atomic mass is 35.5. The molecule has 0 unspecified atom stereocenters. The molecule has 0 bridgehead atoms. The number of halogens is 1. The molecule has 0 amide bonds. The fraction of sp³-hybridized carbons (Fsp3) is 0.500. The SMILES string of the molecule is NC1CCC(Oc2cccc(Cl)c2[N+](=O)[O-])CC1. The van der Waals surface area contributed by atoms with Crippen LogP contribution in [0.25, 0.3) is 0 Å². The lowest BCUT2D eigenvalue weighted by atomic mass is 9.94. The first kappa shape index (κ1) is 13.1. The summed E-state index contributed by atoms with van der Waals surface area (Å²) in [6.07, 6.45) is 3.41. The zero-order valence-electron chi connectivity index (χ0n) is 9.84. The summed E-state index contributed by atoms with van der Waals surface area (Å²) in [5.74, 6) is 0.243. The first-order chi connectivity index (χ1) is 8.58. The molecule has 0 heterocycles. The lowest BCUT2D eigenvalue weighted by Crippen LogP contribution is -2.31. The number of nitro benzene ring substituents is 1. The van der Waals surface area contributed by atoms with Crippen LogP contribution in [0.4, 0.5) is 5.69 Å². The number of rotatable bonds is 3. The highest BCUT2D eigenvalue weighted by molar-refractivity contribution is 6.32. The van der Waals surface area contributed by atoms with Crippen LogP contribution in [-0.2, 0) is 0 Å². The molecule has 6 heteroatoms. The van der Waals surface area contributed by atoms with Crippen molar-refractivity contribution in [3.05, 3.63) is 33.3 Å². The predicted molar refractivity (Wildman–Crippen MR) is 69.0 cm³/mol. The Bertz CT molecular complexity index is 445. The molecule has 1 aliphatic carbocycles. The van der Waals surface area contributed by atoms with Crippen LogP contribution in [0.2, 0.25) is 5.02 Å². The fourth-order valence-corrected chi connectivity index (χ4v) is 2.39. The van der Waals surface area contributed by atoms with Gasteiger partial charge in [-0.2, -0.15) is 0 Å². The minimum Gasteiger partial charge on any atom is -0.483 e. The van der Waals surface area contributed by atoms with E-state index in [0.717, 1.165) is 25.7 Å². The molecule has 0 aliphatic heterocycles. The Kier molecular flexibility index (Phi) is 4.04. The van der Waals surface area contributed by atoms with Crippen molar-refractivity contribution in [3.8, 4) is 5.75 Å². The highest BCUT2D eigenvalue weighted by Crippen LogP contribution is 2.36. The first-order valence-corrected chi connectivity index (χ1v) is 6.31. The number of hydrogen-bond donors (Lipinski definition) is 1. The van der Waals surface area contributed by atoms with E-state index in [-0.39, 0.29) is 28.6 Å². The van der Waals surface area contributed by atoms with Gasteiger partial charge in [0.1, 0.15) is 5.02 Å². The molecule has 1 aromatic carbocycles. The van der Waals surface area contributed by atoms with E-state index >= 15 is 0 Å². The lowest BCUT2D eigenvalue weighted by Gasteiger charge is -2.26. The molecule has 0 spiro atoms. The third kappa shape index (κ3) is 2.91. The van der Waals surface area contributed by atoms with Gasteiger partial charge in [0, 0.05) is 6.04 Å². The molecule has 5 nitrogen and oxygen atoms in total. The summed E-state index contributed by atoms with van der Waals surface area (Å²) in [5.41, 5.74) is 5.65. The van der Waals surface area contributed by atoms with E-state index in [1.807, 2.05) is 0 Å². The summed E-state index contributed by atoms with van der Waals surface area (Å²) >= 11 is 5.82. The van der Waals surface area contributed by atoms with E-state index in [9.17, 15) is 10.1 Å². The number of hydrogen-bond acceptors (Lipinski definition) is 4. The van der Waals surface area contributed by atoms with Crippen LogP contribution in [0.15, 0.2) is 18.2 Å². The molecule has 0 saturated heterocycles. The first-order valence-electron chi connectivity index (χ1n) is 5.93. The van der Waals surface area contributed by atoms with Crippen molar-refractivity contribution in [3.63, 3.8) is 0 Å². The van der Waals surface area contributed by atoms with E-state index in [4.69, 9.17) is 22.1 Å². The Balaban J connectivity index is 2.14. The monoisotopic (exact) mass is 270 g/mol. The largest absolute Gasteiger partial charge is 0.483 e. The molecule has 0 atom stereocenters. The number of para-hydroxylation sites is 1. The smallest absolute Gasteiger partial charge is 0.329 e. The quantitative estimate of drug-likeness (QED) is 0.677. The number of nitrogens with two attached hydrogens (primary N) is 1. The van der Waals surface area contributed by atoms with Gasteiger partial charge in [0.15, 0.2) is 5.75 Å². The van der Waals surface area contributed by atoms with E-state index in [2.05, 4.69) is 0 Å². The third-order valence-corrected chi connectivity index (χ3v) is 3.45. The van der Waals surface area contributed by atoms with Crippen molar-refractivity contribution < 1.29 is 9.66 Å². The maximum Gasteiger partial charge on any atom is 0.329 e. The Labute approximate surface area is 110 Å². The summed E-state index contributed by atoms with van der Waals surface area (Å²) in [4.78, 5) is 10.4. The summed E-state index contributed by atoms with van der Waals surface area (Å²) in [7, 11) is 0. The number of nitro groups is 1. The van der Waals surface area contributed by atoms with Gasteiger partial charge in [-0.3, -0.25) is 10.1 Å². The molecule has 0 aromatic heterocycles. The minimum absolute atomic E-state index is 0.0121. The maximum absolute atomic E-state index is 11.0. The molecular weight excluding hydrogens is 256 g/mol. The summed E-state index contributed by atoms with van der Waals surface area (Å²) < 4.78 is 5.70. The Hall–Kier alpha value is -1.33. The predicted octanol–water partition coefficient (Wildman–Crippen LogP) is 2.90. The summed E-state index contributed by atoms with van der Waals surface area (Å²) in [5, 5.41) is 11.1. The van der Waals surface area contributed by atoms with Gasteiger partial charge in [-0.15, -0.1) is 0 Å². The van der Waals surface area contributed by atoms with Gasteiger partial charge in [0.05, 0.1) is 11.0 Å². The van der Waals surface area contributed by atoms with Crippen LogP contribution in [0.3, 0.4) is 0 Å². The Morgan fingerprint density at radius 3 is 2.61 bits per heavy atom. The van der Waals surface area contributed by atoms with Crippen LogP contribution in [0.5, 0.6) is 5.75 Å². The second-order valence-electron chi connectivity index (χ2n) is 4.50. The second kappa shape index (κ2) is 5.54. The standard InChI is InChI=1S/C12H15ClN2O3/c13-10-2-1-3-11(12(10)15(16)17)18-9-6-4-8(14)5-7-9/h1-3,8-9H,4-7,14H2. The molecular formula is C12H15ClN2O3. The van der Waals surface area contributed by atoms with Crippen molar-refractivity contribution in [2.24, 2.45) is 5.73 Å². The summed E-state index contributed by atoms with van der Waals surface area (Å²) in [6, 6.07) is 4.94. The van der Waals surface area contributed by atoms with E-state index in [1.165, 1.54) is 6.07 Å². The van der Waals surface area contributed by atoms with Gasteiger partial charge in [0.2, 0.25) is 0 Å². The Morgan fingerprint density at radius 1 is 1.33 bits per heavy atom. The van der Waals surface area contributed by atoms with Crippen molar-refractivity contribution >= 4 is 17.3 Å². The van der Waals surface area contributed by atoms with Crippen molar-refractivity contribution in [2.75, 3.05) is 0 Å². The molecule has 2 rings (SSSR count). The van der Waals surface area contributed by atoms with Crippen LogP contribution in [0, 0.1) is 10.1 Å². The molecule has 0 radical (unpaired) electrons. The zero-order valence-corrected chi connectivity index (χ0v) is 10.6. The van der Waals surface area contributed by atoms with Gasteiger partial charge in [0.25, 0.3) is 0 Å². The number of benzene rings is 1. The maximum atomic E-state index is 11.0. The van der Waals surface area contributed by atoms with E-state index in [0.29, 0.717) is 0 Å². The van der Waals surface area contributed by atoms with Gasteiger partial charge < -0.3 is 10.5 Å². The lowest BCUT2D eigenvalue weighted by molar-refractivity contribution is -0.385. The van der Waals surface area contributed by atoms with Crippen molar-refractivity contribution in [2.45, 2.75) is 37.8 Å². The topological polar surface area (TPSA) is 78.4 Å². The van der Waals surface area contributed by atoms with Gasteiger partial charge >= 0.3 is 5.69 Å². The highest BCUT2D eigenvalue weighted by Gasteiger charge is 2.25. The average Bonchev–Trinajstić information content (AvgIpc) is 2.32. The van der Waals surface area contributed by atoms with Gasteiger partial charge in [-0.1, -0.05) is 17.7 Å². The minimum atomic E-state index is -0.508. The van der Waals surface area contributed by atoms with Crippen LogP contribution >= 0.6 is 11.6 Å². The molecule has 1 aromatic rings. The van der Waals surface area contributed by atoms with Crippen molar-refractivity contribution in [1.29, 1.82) is 0 Å². The van der Waals surface area contributed by atoms with Crippen LogP contribution < -0.4 is 10.5 Å². The van der Waals surface area contributed by atoms with Crippen LogP contribution in [-0.4, -0.2) is 17.1 Å². The molecule has 1 saturated carbocycles. The molecule has 2 N–H and O–H groups in total. The number of ether oxygens (including phenoxy) is 1. The zero-order chi connectivity index (χ0) is 13.1. The molecule has 1 fully saturated rings. The Morgan fingerprint density at radius 2 is 2.00 bits per heavy atom. The summed E-state index contributed by atoms with van der Waals surface area (Å²) in [6.45, 7) is 0. The van der Waals surface area contributed by atoms with Crippen LogP contribution in [0.1, 0.15) is 25.7 Å². The van der Waals surface area contributed by atoms with Gasteiger partial charge in [-0.05, 0) is 37.8 Å². The van der Waals surface area contributed by atoms with Gasteiger partial charge in [-0.25, -0.2) is 0 Å². The van der Waals surface area contributed by atoms with E-state index < -0.39 is 4.92 Å².